The highest BCUT2D eigenvalue weighted by molar-refractivity contribution is 5.93. The summed E-state index contributed by atoms with van der Waals surface area (Å²) in [6, 6.07) is 11.2. The van der Waals surface area contributed by atoms with Crippen molar-refractivity contribution < 1.29 is 29.4 Å². The lowest BCUT2D eigenvalue weighted by Crippen LogP contribution is -2.54. The molecule has 2 aromatic rings. The minimum atomic E-state index is -1.15. The third kappa shape index (κ3) is 5.88. The summed E-state index contributed by atoms with van der Waals surface area (Å²) in [7, 11) is 0. The Bertz CT molecular complexity index is 1030. The van der Waals surface area contributed by atoms with Gasteiger partial charge in [0.2, 0.25) is 11.8 Å². The predicted octanol–water partition coefficient (Wildman–Crippen LogP) is 2.74. The molecule has 3 rings (SSSR count). The lowest BCUT2D eigenvalue weighted by Gasteiger charge is -2.29. The molecule has 8 nitrogen and oxygen atoms in total. The number of carboxylic acids is 2. The number of fused-ring (bicyclic) bond motifs is 1. The molecular formula is C25H30N2O6. The number of hydrogen-bond acceptors (Lipinski definition) is 4. The van der Waals surface area contributed by atoms with Crippen molar-refractivity contribution in [3.05, 3.63) is 48.0 Å². The number of carboxylic acid groups (broad SMARTS) is 2. The van der Waals surface area contributed by atoms with E-state index in [2.05, 4.69) is 10.6 Å². The minimum absolute atomic E-state index is 0.152. The zero-order chi connectivity index (χ0) is 24.0. The topological polar surface area (TPSA) is 133 Å². The van der Waals surface area contributed by atoms with Crippen LogP contribution in [0.3, 0.4) is 0 Å². The van der Waals surface area contributed by atoms with Crippen molar-refractivity contribution in [3.63, 3.8) is 0 Å². The number of carbonyl (C=O) groups excluding carboxylic acids is 2. The highest BCUT2D eigenvalue weighted by atomic mass is 16.4. The van der Waals surface area contributed by atoms with Gasteiger partial charge in [-0.2, -0.15) is 0 Å². The second-order valence-corrected chi connectivity index (χ2v) is 8.55. The first-order valence-corrected chi connectivity index (χ1v) is 11.3. The number of benzene rings is 2. The van der Waals surface area contributed by atoms with E-state index in [1.54, 1.807) is 6.92 Å². The minimum Gasteiger partial charge on any atom is -0.481 e. The third-order valence-corrected chi connectivity index (χ3v) is 6.38. The largest absolute Gasteiger partial charge is 0.481 e. The van der Waals surface area contributed by atoms with Gasteiger partial charge in [0.15, 0.2) is 0 Å². The van der Waals surface area contributed by atoms with Crippen LogP contribution in [0.4, 0.5) is 0 Å². The molecule has 4 N–H and O–H groups in total. The Morgan fingerprint density at radius 1 is 0.909 bits per heavy atom. The predicted molar refractivity (Wildman–Crippen MR) is 123 cm³/mol. The van der Waals surface area contributed by atoms with E-state index < -0.39 is 47.7 Å². The molecule has 1 aliphatic carbocycles. The van der Waals surface area contributed by atoms with E-state index in [4.69, 9.17) is 0 Å². The van der Waals surface area contributed by atoms with Gasteiger partial charge in [-0.25, -0.2) is 4.79 Å². The Labute approximate surface area is 192 Å². The molecule has 176 valence electrons. The van der Waals surface area contributed by atoms with E-state index in [1.807, 2.05) is 42.5 Å². The molecule has 4 unspecified atom stereocenters. The molecule has 4 atom stereocenters. The molecule has 1 aliphatic rings. The number of aliphatic carboxylic acids is 2. The number of rotatable bonds is 9. The molecule has 2 amide bonds. The van der Waals surface area contributed by atoms with Crippen LogP contribution in [0.15, 0.2) is 42.5 Å². The van der Waals surface area contributed by atoms with Crippen LogP contribution in [0.5, 0.6) is 0 Å². The smallest absolute Gasteiger partial charge is 0.326 e. The molecule has 0 aromatic heterocycles. The van der Waals surface area contributed by atoms with Crippen molar-refractivity contribution in [1.29, 1.82) is 0 Å². The summed E-state index contributed by atoms with van der Waals surface area (Å²) in [4.78, 5) is 49.3. The van der Waals surface area contributed by atoms with Gasteiger partial charge in [-0.3, -0.25) is 14.4 Å². The standard InChI is InChI=1S/C25H30N2O6/c1-2-20(25(32)33)26-23(29)21(14-16-10-7-9-15-8-3-4-11-17(15)16)27-22(28)18-12-5-6-13-19(18)24(30)31/h3-4,7-11,18-21H,2,5-6,12-14H2,1H3,(H,26,29)(H,27,28)(H,30,31)(H,32,33). The van der Waals surface area contributed by atoms with Crippen molar-refractivity contribution in [1.82, 2.24) is 10.6 Å². The van der Waals surface area contributed by atoms with Gasteiger partial charge in [0.05, 0.1) is 11.8 Å². The molecule has 0 spiro atoms. The van der Waals surface area contributed by atoms with Crippen LogP contribution >= 0.6 is 0 Å². The van der Waals surface area contributed by atoms with Crippen molar-refractivity contribution in [2.75, 3.05) is 0 Å². The number of hydrogen-bond donors (Lipinski definition) is 4. The monoisotopic (exact) mass is 454 g/mol. The van der Waals surface area contributed by atoms with Crippen molar-refractivity contribution in [2.24, 2.45) is 11.8 Å². The Hall–Kier alpha value is -3.42. The zero-order valence-electron chi connectivity index (χ0n) is 18.6. The molecule has 0 bridgehead atoms. The van der Waals surface area contributed by atoms with Gasteiger partial charge in [-0.1, -0.05) is 62.2 Å². The third-order valence-electron chi connectivity index (χ3n) is 6.38. The number of amides is 2. The summed E-state index contributed by atoms with van der Waals surface area (Å²) in [6.07, 6.45) is 2.71. The Balaban J connectivity index is 1.87. The van der Waals surface area contributed by atoms with Crippen molar-refractivity contribution >= 4 is 34.5 Å². The molecule has 0 radical (unpaired) electrons. The van der Waals surface area contributed by atoms with Crippen molar-refractivity contribution in [3.8, 4) is 0 Å². The maximum Gasteiger partial charge on any atom is 0.326 e. The van der Waals surface area contributed by atoms with Crippen LogP contribution in [0.25, 0.3) is 10.8 Å². The summed E-state index contributed by atoms with van der Waals surface area (Å²) in [6.45, 7) is 1.65. The lowest BCUT2D eigenvalue weighted by molar-refractivity contribution is -0.149. The van der Waals surface area contributed by atoms with Crippen molar-refractivity contribution in [2.45, 2.75) is 57.5 Å². The summed E-state index contributed by atoms with van der Waals surface area (Å²) < 4.78 is 0. The summed E-state index contributed by atoms with van der Waals surface area (Å²) in [5, 5.41) is 26.1. The van der Waals surface area contributed by atoms with Crippen LogP contribution in [-0.2, 0) is 25.6 Å². The first kappa shape index (κ1) is 24.2. The van der Waals surface area contributed by atoms with Gasteiger partial charge in [-0.05, 0) is 35.6 Å². The Morgan fingerprint density at radius 2 is 1.58 bits per heavy atom. The molecule has 1 saturated carbocycles. The van der Waals surface area contributed by atoms with E-state index in [0.717, 1.165) is 29.2 Å². The fourth-order valence-electron chi connectivity index (χ4n) is 4.53. The molecule has 0 aliphatic heterocycles. The molecule has 0 saturated heterocycles. The molecule has 1 fully saturated rings. The van der Waals surface area contributed by atoms with Crippen LogP contribution in [-0.4, -0.2) is 46.0 Å². The summed E-state index contributed by atoms with van der Waals surface area (Å²) >= 11 is 0. The highest BCUT2D eigenvalue weighted by Gasteiger charge is 2.37. The molecule has 0 heterocycles. The second-order valence-electron chi connectivity index (χ2n) is 8.55. The van der Waals surface area contributed by atoms with Crippen LogP contribution in [0.2, 0.25) is 0 Å². The first-order valence-electron chi connectivity index (χ1n) is 11.3. The first-order chi connectivity index (χ1) is 15.8. The second kappa shape index (κ2) is 10.9. The van der Waals surface area contributed by atoms with Crippen LogP contribution < -0.4 is 10.6 Å². The number of carbonyl (C=O) groups is 4. The highest BCUT2D eigenvalue weighted by Crippen LogP contribution is 2.30. The normalized spacial score (nSPS) is 19.9. The van der Waals surface area contributed by atoms with E-state index in [1.165, 1.54) is 0 Å². The fraction of sp³-hybridized carbons (Fsp3) is 0.440. The summed E-state index contributed by atoms with van der Waals surface area (Å²) in [5.41, 5.74) is 0.829. The molecule has 8 heteroatoms. The molecular weight excluding hydrogens is 424 g/mol. The molecule has 2 aromatic carbocycles. The molecule has 33 heavy (non-hydrogen) atoms. The van der Waals surface area contributed by atoms with Gasteiger partial charge >= 0.3 is 11.9 Å². The van der Waals surface area contributed by atoms with E-state index >= 15 is 0 Å². The Morgan fingerprint density at radius 3 is 2.24 bits per heavy atom. The maximum absolute atomic E-state index is 13.1. The van der Waals surface area contributed by atoms with Gasteiger partial charge in [0.25, 0.3) is 0 Å². The van der Waals surface area contributed by atoms with Gasteiger partial charge in [0, 0.05) is 6.42 Å². The van der Waals surface area contributed by atoms with E-state index in [0.29, 0.717) is 12.8 Å². The Kier molecular flexibility index (Phi) is 8.03. The quantitative estimate of drug-likeness (QED) is 0.461. The number of nitrogens with one attached hydrogen (secondary N) is 2. The van der Waals surface area contributed by atoms with Crippen LogP contribution in [0.1, 0.15) is 44.6 Å². The lowest BCUT2D eigenvalue weighted by atomic mass is 9.78. The van der Waals surface area contributed by atoms with Gasteiger partial charge < -0.3 is 20.8 Å². The average molecular weight is 455 g/mol. The van der Waals surface area contributed by atoms with Gasteiger partial charge in [-0.15, -0.1) is 0 Å². The average Bonchev–Trinajstić information content (AvgIpc) is 2.81. The van der Waals surface area contributed by atoms with Gasteiger partial charge in [0.1, 0.15) is 12.1 Å². The van der Waals surface area contributed by atoms with Crippen LogP contribution in [0, 0.1) is 11.8 Å². The maximum atomic E-state index is 13.1. The SMILES string of the molecule is CCC(NC(=O)C(Cc1cccc2ccccc12)NC(=O)C1CCCCC1C(=O)O)C(=O)O. The van der Waals surface area contributed by atoms with E-state index in [-0.39, 0.29) is 12.8 Å². The van der Waals surface area contributed by atoms with E-state index in [9.17, 15) is 29.4 Å². The summed E-state index contributed by atoms with van der Waals surface area (Å²) in [5.74, 6) is -4.76. The zero-order valence-corrected chi connectivity index (χ0v) is 18.6. The fourth-order valence-corrected chi connectivity index (χ4v) is 4.53.